The highest BCUT2D eigenvalue weighted by molar-refractivity contribution is 5.35. The molecule has 1 aromatic heterocycles. The Morgan fingerprint density at radius 1 is 1.21 bits per heavy atom. The third-order valence-electron chi connectivity index (χ3n) is 4.11. The molecule has 132 valence electrons. The molecule has 0 aliphatic rings. The van der Waals surface area contributed by atoms with E-state index in [1.165, 1.54) is 0 Å². The van der Waals surface area contributed by atoms with Crippen LogP contribution in [-0.2, 0) is 11.8 Å². The van der Waals surface area contributed by atoms with Gasteiger partial charge in [0.2, 0.25) is 0 Å². The number of aromatic nitrogens is 2. The van der Waals surface area contributed by atoms with Gasteiger partial charge in [-0.25, -0.2) is 0 Å². The fourth-order valence-electron chi connectivity index (χ4n) is 2.68. The minimum atomic E-state index is -0.0755. The number of nitrogens with one attached hydrogen (secondary N) is 1. The van der Waals surface area contributed by atoms with Gasteiger partial charge in [-0.2, -0.15) is 5.10 Å². The Hall–Kier alpha value is -1.85. The van der Waals surface area contributed by atoms with Gasteiger partial charge in [0.25, 0.3) is 0 Å². The fourth-order valence-corrected chi connectivity index (χ4v) is 2.68. The second-order valence-corrected chi connectivity index (χ2v) is 6.38. The minimum Gasteiger partial charge on any atom is -0.496 e. The normalized spacial score (nSPS) is 14.0. The quantitative estimate of drug-likeness (QED) is 0.803. The molecule has 0 spiro atoms. The fraction of sp³-hybridized carbons (Fsp3) is 0.526. The minimum absolute atomic E-state index is 0.0755. The summed E-state index contributed by atoms with van der Waals surface area (Å²) in [4.78, 5) is 0. The molecule has 0 bridgehead atoms. The van der Waals surface area contributed by atoms with Crippen LogP contribution in [0.15, 0.2) is 30.3 Å². The second-order valence-electron chi connectivity index (χ2n) is 6.38. The van der Waals surface area contributed by atoms with Crippen molar-refractivity contribution >= 4 is 0 Å². The van der Waals surface area contributed by atoms with Gasteiger partial charge in [0.1, 0.15) is 5.75 Å². The summed E-state index contributed by atoms with van der Waals surface area (Å²) in [6.07, 6.45) is 0.0579. The Balaban J connectivity index is 2.11. The van der Waals surface area contributed by atoms with Crippen molar-refractivity contribution in [2.75, 3.05) is 13.7 Å². The second kappa shape index (κ2) is 8.31. The van der Waals surface area contributed by atoms with Gasteiger partial charge in [-0.05, 0) is 39.8 Å². The van der Waals surface area contributed by atoms with Crippen molar-refractivity contribution in [2.24, 2.45) is 7.05 Å². The van der Waals surface area contributed by atoms with Crippen molar-refractivity contribution < 1.29 is 9.47 Å². The van der Waals surface area contributed by atoms with Crippen LogP contribution >= 0.6 is 0 Å². The lowest BCUT2D eigenvalue weighted by molar-refractivity contribution is 0.00466. The molecule has 2 unspecified atom stereocenters. The van der Waals surface area contributed by atoms with Gasteiger partial charge in [0.15, 0.2) is 0 Å². The molecule has 24 heavy (non-hydrogen) atoms. The van der Waals surface area contributed by atoms with E-state index in [4.69, 9.17) is 9.47 Å². The van der Waals surface area contributed by atoms with Crippen LogP contribution in [0.4, 0.5) is 0 Å². The third-order valence-corrected chi connectivity index (χ3v) is 4.11. The summed E-state index contributed by atoms with van der Waals surface area (Å²) in [5, 5.41) is 8.08. The van der Waals surface area contributed by atoms with Crippen molar-refractivity contribution in [3.63, 3.8) is 0 Å². The van der Waals surface area contributed by atoms with Crippen LogP contribution in [0, 0.1) is 6.92 Å². The smallest absolute Gasteiger partial charge is 0.124 e. The Morgan fingerprint density at radius 3 is 2.50 bits per heavy atom. The van der Waals surface area contributed by atoms with E-state index in [0.717, 1.165) is 22.7 Å². The zero-order valence-corrected chi connectivity index (χ0v) is 15.5. The molecule has 0 aliphatic heterocycles. The standard InChI is InChI=1S/C19H29N3O2/c1-13(2)24-19(16-9-7-8-10-18(16)23-6)12-20-15(4)17-11-14(3)22(5)21-17/h7-11,13,15,19-20H,12H2,1-6H3. The van der Waals surface area contributed by atoms with Gasteiger partial charge >= 0.3 is 0 Å². The van der Waals surface area contributed by atoms with Gasteiger partial charge in [0, 0.05) is 30.9 Å². The summed E-state index contributed by atoms with van der Waals surface area (Å²) in [5.74, 6) is 0.853. The number of methoxy groups -OCH3 is 1. The largest absolute Gasteiger partial charge is 0.496 e. The predicted molar refractivity (Wildman–Crippen MR) is 96.3 cm³/mol. The number of nitrogens with zero attached hydrogens (tertiary/aromatic N) is 2. The number of rotatable bonds is 8. The Kier molecular flexibility index (Phi) is 6.40. The summed E-state index contributed by atoms with van der Waals surface area (Å²) < 4.78 is 13.5. The molecule has 5 heteroatoms. The topological polar surface area (TPSA) is 48.3 Å². The van der Waals surface area contributed by atoms with Gasteiger partial charge < -0.3 is 14.8 Å². The van der Waals surface area contributed by atoms with Gasteiger partial charge in [-0.1, -0.05) is 18.2 Å². The van der Waals surface area contributed by atoms with Crippen molar-refractivity contribution in [1.29, 1.82) is 0 Å². The van der Waals surface area contributed by atoms with Crippen LogP contribution in [0.2, 0.25) is 0 Å². The summed E-state index contributed by atoms with van der Waals surface area (Å²) >= 11 is 0. The molecule has 1 N–H and O–H groups in total. The molecular weight excluding hydrogens is 302 g/mol. The highest BCUT2D eigenvalue weighted by atomic mass is 16.5. The number of benzene rings is 1. The maximum Gasteiger partial charge on any atom is 0.124 e. The average Bonchev–Trinajstić information content (AvgIpc) is 2.90. The van der Waals surface area contributed by atoms with Crippen LogP contribution in [0.3, 0.4) is 0 Å². The summed E-state index contributed by atoms with van der Waals surface area (Å²) in [7, 11) is 3.66. The first kappa shape index (κ1) is 18.5. The first-order valence-corrected chi connectivity index (χ1v) is 8.44. The van der Waals surface area contributed by atoms with Gasteiger partial charge in [-0.3, -0.25) is 4.68 Å². The van der Waals surface area contributed by atoms with E-state index < -0.39 is 0 Å². The number of hydrogen-bond acceptors (Lipinski definition) is 4. The summed E-state index contributed by atoms with van der Waals surface area (Å²) in [6, 6.07) is 10.3. The highest BCUT2D eigenvalue weighted by Crippen LogP contribution is 2.28. The number of ether oxygens (including phenoxy) is 2. The van der Waals surface area contributed by atoms with E-state index in [1.54, 1.807) is 7.11 Å². The molecule has 0 amide bonds. The van der Waals surface area contributed by atoms with Crippen LogP contribution in [0.1, 0.15) is 49.9 Å². The molecule has 0 saturated heterocycles. The molecule has 0 radical (unpaired) electrons. The summed E-state index contributed by atoms with van der Waals surface area (Å²) in [6.45, 7) is 8.97. The van der Waals surface area contributed by atoms with E-state index in [0.29, 0.717) is 6.54 Å². The molecule has 1 aromatic carbocycles. The maximum absolute atomic E-state index is 6.13. The molecular formula is C19H29N3O2. The molecule has 2 atom stereocenters. The predicted octanol–water partition coefficient (Wildman–Crippen LogP) is 3.55. The third kappa shape index (κ3) is 4.58. The molecule has 0 fully saturated rings. The lowest BCUT2D eigenvalue weighted by Gasteiger charge is -2.24. The van der Waals surface area contributed by atoms with E-state index in [-0.39, 0.29) is 18.2 Å². The molecule has 0 saturated carbocycles. The first-order valence-electron chi connectivity index (χ1n) is 8.44. The van der Waals surface area contributed by atoms with E-state index >= 15 is 0 Å². The average molecular weight is 331 g/mol. The molecule has 2 rings (SSSR count). The van der Waals surface area contributed by atoms with Crippen LogP contribution < -0.4 is 10.1 Å². The van der Waals surface area contributed by atoms with Crippen molar-refractivity contribution in [3.05, 3.63) is 47.3 Å². The molecule has 2 aromatic rings. The first-order chi connectivity index (χ1) is 11.4. The van der Waals surface area contributed by atoms with E-state index in [2.05, 4.69) is 36.4 Å². The molecule has 1 heterocycles. The Morgan fingerprint density at radius 2 is 1.92 bits per heavy atom. The van der Waals surface area contributed by atoms with E-state index in [9.17, 15) is 0 Å². The Labute approximate surface area is 145 Å². The highest BCUT2D eigenvalue weighted by Gasteiger charge is 2.20. The lowest BCUT2D eigenvalue weighted by atomic mass is 10.1. The van der Waals surface area contributed by atoms with Crippen LogP contribution in [0.25, 0.3) is 0 Å². The zero-order chi connectivity index (χ0) is 17.7. The van der Waals surface area contributed by atoms with E-state index in [1.807, 2.05) is 43.8 Å². The number of aryl methyl sites for hydroxylation is 2. The Bertz CT molecular complexity index is 632. The van der Waals surface area contributed by atoms with Crippen molar-refractivity contribution in [3.8, 4) is 5.75 Å². The zero-order valence-electron chi connectivity index (χ0n) is 15.5. The lowest BCUT2D eigenvalue weighted by Crippen LogP contribution is -2.28. The van der Waals surface area contributed by atoms with Gasteiger partial charge in [0.05, 0.1) is 25.0 Å². The summed E-state index contributed by atoms with van der Waals surface area (Å²) in [5.41, 5.74) is 3.25. The van der Waals surface area contributed by atoms with Gasteiger partial charge in [-0.15, -0.1) is 0 Å². The van der Waals surface area contributed by atoms with Crippen molar-refractivity contribution in [2.45, 2.75) is 45.9 Å². The molecule has 0 aliphatic carbocycles. The number of hydrogen-bond donors (Lipinski definition) is 1. The van der Waals surface area contributed by atoms with Crippen LogP contribution in [-0.4, -0.2) is 29.5 Å². The molecule has 5 nitrogen and oxygen atoms in total. The number of para-hydroxylation sites is 1. The van der Waals surface area contributed by atoms with Crippen molar-refractivity contribution in [1.82, 2.24) is 15.1 Å². The van der Waals surface area contributed by atoms with Crippen LogP contribution in [0.5, 0.6) is 5.75 Å². The SMILES string of the molecule is COc1ccccc1C(CNC(C)c1cc(C)n(C)n1)OC(C)C. The monoisotopic (exact) mass is 331 g/mol. The maximum atomic E-state index is 6.13.